The number of aromatic nitrogens is 1. The van der Waals surface area contributed by atoms with Crippen LogP contribution in [0.5, 0.6) is 0 Å². The van der Waals surface area contributed by atoms with Crippen molar-refractivity contribution in [3.8, 4) is 0 Å². The highest BCUT2D eigenvalue weighted by Gasteiger charge is 2.28. The molecule has 5 rings (SSSR count). The molecule has 0 spiro atoms. The van der Waals surface area contributed by atoms with E-state index in [0.717, 1.165) is 38.9 Å². The Hall–Kier alpha value is -3.22. The number of rotatable bonds is 5. The van der Waals surface area contributed by atoms with Crippen LogP contribution in [0.2, 0.25) is 0 Å². The Bertz CT molecular complexity index is 1590. The highest BCUT2D eigenvalue weighted by atomic mass is 32.2. The van der Waals surface area contributed by atoms with Crippen LogP contribution in [0, 0.1) is 12.7 Å². The first kappa shape index (κ1) is 25.4. The Kier molecular flexibility index (Phi) is 6.59. The zero-order valence-corrected chi connectivity index (χ0v) is 22.6. The quantitative estimate of drug-likeness (QED) is 0.289. The van der Waals surface area contributed by atoms with E-state index in [9.17, 15) is 12.8 Å². The lowest BCUT2D eigenvalue weighted by atomic mass is 9.87. The van der Waals surface area contributed by atoms with Crippen LogP contribution in [0.15, 0.2) is 83.8 Å². The monoisotopic (exact) mass is 516 g/mol. The van der Waals surface area contributed by atoms with Crippen LogP contribution in [0.3, 0.4) is 0 Å². The van der Waals surface area contributed by atoms with Gasteiger partial charge >= 0.3 is 0 Å². The lowest BCUT2D eigenvalue weighted by molar-refractivity contribution is 0.441. The van der Waals surface area contributed by atoms with E-state index in [1.807, 2.05) is 36.4 Å². The van der Waals surface area contributed by atoms with Gasteiger partial charge in [-0.2, -0.15) is 4.31 Å². The fourth-order valence-corrected chi connectivity index (χ4v) is 6.61. The van der Waals surface area contributed by atoms with Gasteiger partial charge in [-0.1, -0.05) is 69.3 Å². The van der Waals surface area contributed by atoms with Crippen LogP contribution >= 0.6 is 0 Å². The molecule has 0 bridgehead atoms. The van der Waals surface area contributed by atoms with Crippen molar-refractivity contribution in [3.63, 3.8) is 0 Å². The van der Waals surface area contributed by atoms with Crippen molar-refractivity contribution in [2.45, 2.75) is 51.0 Å². The van der Waals surface area contributed by atoms with E-state index in [-0.39, 0.29) is 11.2 Å². The van der Waals surface area contributed by atoms with E-state index in [1.165, 1.54) is 6.07 Å². The number of hydrogen-bond donors (Lipinski definition) is 0. The van der Waals surface area contributed by atoms with Crippen molar-refractivity contribution in [3.05, 3.63) is 107 Å². The van der Waals surface area contributed by atoms with Crippen LogP contribution < -0.4 is 0 Å². The van der Waals surface area contributed by atoms with Gasteiger partial charge in [0.05, 0.1) is 4.90 Å². The van der Waals surface area contributed by atoms with E-state index in [1.54, 1.807) is 28.6 Å². The van der Waals surface area contributed by atoms with Gasteiger partial charge in [0.25, 0.3) is 0 Å². The summed E-state index contributed by atoms with van der Waals surface area (Å²) in [7, 11) is -3.57. The summed E-state index contributed by atoms with van der Waals surface area (Å²) in [6.45, 7) is 9.77. The third kappa shape index (κ3) is 4.88. The molecular weight excluding hydrogens is 483 g/mol. The van der Waals surface area contributed by atoms with Gasteiger partial charge in [-0.05, 0) is 65.8 Å². The highest BCUT2D eigenvalue weighted by molar-refractivity contribution is 7.89. The molecule has 0 unspecified atom stereocenters. The van der Waals surface area contributed by atoms with Gasteiger partial charge in [-0.15, -0.1) is 0 Å². The summed E-state index contributed by atoms with van der Waals surface area (Å²) in [4.78, 5) is 0.334. The van der Waals surface area contributed by atoms with E-state index < -0.39 is 10.0 Å². The molecule has 0 radical (unpaired) electrons. The molecule has 4 aromatic rings. The number of halogens is 1. The Morgan fingerprint density at radius 1 is 0.946 bits per heavy atom. The van der Waals surface area contributed by atoms with Gasteiger partial charge in [-0.3, -0.25) is 0 Å². The minimum atomic E-state index is -3.57. The Morgan fingerprint density at radius 2 is 1.68 bits per heavy atom. The largest absolute Gasteiger partial charge is 0.340 e. The summed E-state index contributed by atoms with van der Waals surface area (Å²) >= 11 is 0. The number of fused-ring (bicyclic) bond motifs is 1. The van der Waals surface area contributed by atoms with Crippen LogP contribution in [-0.4, -0.2) is 30.4 Å². The molecule has 0 N–H and O–H groups in total. The Balaban J connectivity index is 1.45. The van der Waals surface area contributed by atoms with E-state index in [2.05, 4.69) is 44.4 Å². The summed E-state index contributed by atoms with van der Waals surface area (Å²) in [5, 5.41) is 1.14. The second-order valence-corrected chi connectivity index (χ2v) is 12.7. The third-order valence-electron chi connectivity index (χ3n) is 7.31. The van der Waals surface area contributed by atoms with Gasteiger partial charge in [0.1, 0.15) is 5.82 Å². The zero-order valence-electron chi connectivity index (χ0n) is 21.8. The van der Waals surface area contributed by atoms with Crippen molar-refractivity contribution in [2.75, 3.05) is 13.1 Å². The fraction of sp³-hybridized carbons (Fsp3) is 0.290. The maximum Gasteiger partial charge on any atom is 0.243 e. The molecule has 0 fully saturated rings. The molecule has 1 aliphatic heterocycles. The molecule has 6 heteroatoms. The molecule has 0 amide bonds. The normalized spacial score (nSPS) is 15.2. The van der Waals surface area contributed by atoms with Crippen molar-refractivity contribution >= 4 is 26.5 Å². The number of nitrogens with zero attached hydrogens (tertiary/aromatic N) is 2. The average molecular weight is 517 g/mol. The van der Waals surface area contributed by atoms with Crippen LogP contribution in [-0.2, 0) is 22.0 Å². The summed E-state index contributed by atoms with van der Waals surface area (Å²) in [6, 6.07) is 22.2. The zero-order chi connectivity index (χ0) is 26.4. The van der Waals surface area contributed by atoms with Crippen LogP contribution in [0.1, 0.15) is 49.6 Å². The average Bonchev–Trinajstić information content (AvgIpc) is 3.15. The molecule has 0 atom stereocenters. The molecule has 0 saturated heterocycles. The summed E-state index contributed by atoms with van der Waals surface area (Å²) < 4.78 is 44.4. The minimum Gasteiger partial charge on any atom is -0.340 e. The number of benzene rings is 3. The maximum absolute atomic E-state index is 13.8. The summed E-state index contributed by atoms with van der Waals surface area (Å²) in [5.41, 5.74) is 6.48. The predicted octanol–water partition coefficient (Wildman–Crippen LogP) is 6.91. The Morgan fingerprint density at radius 3 is 2.32 bits per heavy atom. The topological polar surface area (TPSA) is 42.3 Å². The second-order valence-electron chi connectivity index (χ2n) is 10.8. The van der Waals surface area contributed by atoms with Crippen molar-refractivity contribution in [2.24, 2.45) is 0 Å². The third-order valence-corrected chi connectivity index (χ3v) is 9.19. The first-order valence-electron chi connectivity index (χ1n) is 12.7. The first-order valence-corrected chi connectivity index (χ1v) is 14.1. The fourth-order valence-electron chi connectivity index (χ4n) is 5.23. The molecule has 3 aromatic carbocycles. The van der Waals surface area contributed by atoms with E-state index in [4.69, 9.17) is 0 Å². The van der Waals surface area contributed by atoms with Crippen LogP contribution in [0.4, 0.5) is 4.39 Å². The lowest BCUT2D eigenvalue weighted by Gasteiger charge is -2.27. The summed E-state index contributed by atoms with van der Waals surface area (Å²) in [6.07, 6.45) is 2.68. The molecule has 37 heavy (non-hydrogen) atoms. The molecule has 1 aliphatic rings. The molecule has 0 aliphatic carbocycles. The van der Waals surface area contributed by atoms with Gasteiger partial charge in [0.2, 0.25) is 10.0 Å². The second kappa shape index (κ2) is 9.58. The summed E-state index contributed by atoms with van der Waals surface area (Å²) in [5.74, 6) is -0.240. The van der Waals surface area contributed by atoms with E-state index >= 15 is 0 Å². The van der Waals surface area contributed by atoms with Gasteiger partial charge in [-0.25, -0.2) is 12.8 Å². The van der Waals surface area contributed by atoms with Crippen LogP contribution in [0.25, 0.3) is 16.5 Å². The number of sulfonamides is 1. The minimum absolute atomic E-state index is 0.0310. The van der Waals surface area contributed by atoms with E-state index in [0.29, 0.717) is 31.0 Å². The van der Waals surface area contributed by atoms with Crippen molar-refractivity contribution in [1.82, 2.24) is 8.87 Å². The lowest BCUT2D eigenvalue weighted by Crippen LogP contribution is -2.34. The smallest absolute Gasteiger partial charge is 0.243 e. The molecule has 1 aromatic heterocycles. The van der Waals surface area contributed by atoms with Crippen molar-refractivity contribution < 1.29 is 12.8 Å². The molecule has 0 saturated carbocycles. The number of hydrogen-bond acceptors (Lipinski definition) is 2. The molecule has 2 heterocycles. The van der Waals surface area contributed by atoms with Gasteiger partial charge in [0.15, 0.2) is 0 Å². The maximum atomic E-state index is 13.8. The molecule has 4 nitrogen and oxygen atoms in total. The SMILES string of the molecule is Cc1c(C2=CCN(S(=O)(=O)c3ccc(C(C)(C)C)cc3)CC2)c2ccccc2n1Cc1cccc(F)c1. The standard InChI is InChI=1S/C31H33FN2O2S/c1-22-30(28-10-5-6-11-29(28)34(22)21-23-8-7-9-26(32)20-23)24-16-18-33(19-17-24)37(35,36)27-14-12-25(13-15-27)31(2,3)4/h5-16,20H,17-19,21H2,1-4H3. The molecular formula is C31H33FN2O2S. The van der Waals surface area contributed by atoms with Gasteiger partial charge in [0, 0.05) is 41.8 Å². The highest BCUT2D eigenvalue weighted by Crippen LogP contribution is 2.36. The first-order chi connectivity index (χ1) is 17.6. The van der Waals surface area contributed by atoms with Gasteiger partial charge < -0.3 is 4.57 Å². The number of para-hydroxylation sites is 1. The molecule has 192 valence electrons. The predicted molar refractivity (Wildman–Crippen MR) is 149 cm³/mol. The Labute approximate surface area is 219 Å². The van der Waals surface area contributed by atoms with Crippen molar-refractivity contribution in [1.29, 1.82) is 0 Å².